The fraction of sp³-hybridized carbons (Fsp3) is 0.278. The largest absolute Gasteiger partial charge is 0.323 e. The third-order valence-corrected chi connectivity index (χ3v) is 5.81. The van der Waals surface area contributed by atoms with E-state index < -0.39 is 0 Å². The Kier molecular flexibility index (Phi) is 5.28. The van der Waals surface area contributed by atoms with Crippen LogP contribution in [0.5, 0.6) is 0 Å². The van der Waals surface area contributed by atoms with Crippen molar-refractivity contribution in [3.05, 3.63) is 63.1 Å². The quantitative estimate of drug-likeness (QED) is 0.704. The minimum absolute atomic E-state index is 0.0967. The van der Waals surface area contributed by atoms with Crippen LogP contribution < -0.4 is 5.32 Å². The average molecular weight is 381 g/mol. The lowest BCUT2D eigenvalue weighted by Crippen LogP contribution is -2.34. The van der Waals surface area contributed by atoms with Gasteiger partial charge in [0.1, 0.15) is 5.37 Å². The number of carbonyl (C=O) groups is 1. The van der Waals surface area contributed by atoms with E-state index in [4.69, 9.17) is 23.2 Å². The molecule has 3 rings (SSSR count). The summed E-state index contributed by atoms with van der Waals surface area (Å²) in [6.07, 6.45) is 0. The molecule has 0 radical (unpaired) electrons. The van der Waals surface area contributed by atoms with E-state index in [1.54, 1.807) is 17.8 Å². The first-order valence-electron chi connectivity index (χ1n) is 7.67. The van der Waals surface area contributed by atoms with Crippen molar-refractivity contribution in [3.8, 4) is 0 Å². The Balaban J connectivity index is 1.81. The maximum atomic E-state index is 12.7. The summed E-state index contributed by atoms with van der Waals surface area (Å²) in [5, 5.41) is 4.10. The summed E-state index contributed by atoms with van der Waals surface area (Å²) in [4.78, 5) is 14.6. The molecule has 1 saturated heterocycles. The molecule has 1 aliphatic rings. The van der Waals surface area contributed by atoms with Crippen molar-refractivity contribution >= 4 is 46.7 Å². The van der Waals surface area contributed by atoms with Crippen LogP contribution in [0.2, 0.25) is 10.0 Å². The molecule has 0 aromatic heterocycles. The zero-order valence-electron chi connectivity index (χ0n) is 13.5. The lowest BCUT2D eigenvalue weighted by atomic mass is 10.1. The number of hydrogen-bond acceptors (Lipinski definition) is 2. The zero-order chi connectivity index (χ0) is 17.3. The van der Waals surface area contributed by atoms with E-state index in [2.05, 4.69) is 11.4 Å². The first-order chi connectivity index (χ1) is 11.5. The number of urea groups is 1. The Bertz CT molecular complexity index is 782. The van der Waals surface area contributed by atoms with Gasteiger partial charge in [0, 0.05) is 33.6 Å². The minimum atomic E-state index is -0.108. The lowest BCUT2D eigenvalue weighted by Gasteiger charge is -2.25. The predicted octanol–water partition coefficient (Wildman–Crippen LogP) is 5.89. The van der Waals surface area contributed by atoms with Gasteiger partial charge in [-0.3, -0.25) is 0 Å². The van der Waals surface area contributed by atoms with Gasteiger partial charge in [-0.25, -0.2) is 4.79 Å². The van der Waals surface area contributed by atoms with Crippen LogP contribution in [0.4, 0.5) is 10.5 Å². The highest BCUT2D eigenvalue weighted by Crippen LogP contribution is 2.41. The van der Waals surface area contributed by atoms with Crippen LogP contribution in [0.15, 0.2) is 36.4 Å². The number of aryl methyl sites for hydroxylation is 2. The van der Waals surface area contributed by atoms with Gasteiger partial charge in [0.2, 0.25) is 0 Å². The molecule has 0 unspecified atom stereocenters. The fourth-order valence-electron chi connectivity index (χ4n) is 2.78. The Hall–Kier alpha value is -1.36. The summed E-state index contributed by atoms with van der Waals surface area (Å²) in [5.41, 5.74) is 3.98. The number of amides is 2. The summed E-state index contributed by atoms with van der Waals surface area (Å²) >= 11 is 14.0. The van der Waals surface area contributed by atoms with Crippen LogP contribution >= 0.6 is 35.0 Å². The van der Waals surface area contributed by atoms with Gasteiger partial charge in [0.25, 0.3) is 0 Å². The second kappa shape index (κ2) is 7.26. The number of anilines is 1. The predicted molar refractivity (Wildman–Crippen MR) is 103 cm³/mol. The standard InChI is InChI=1S/C18H18Cl2N2OS/c1-11-3-6-16(12(2)9-11)21-18(23)22-7-8-24-17(22)14-5-4-13(19)10-15(14)20/h3-6,9-10,17H,7-8H2,1-2H3,(H,21,23)/t17-/m1/s1. The normalized spacial score (nSPS) is 17.2. The van der Waals surface area contributed by atoms with Crippen LogP contribution in [-0.4, -0.2) is 23.2 Å². The van der Waals surface area contributed by atoms with Crippen molar-refractivity contribution in [1.29, 1.82) is 0 Å². The Morgan fingerprint density at radius 1 is 1.21 bits per heavy atom. The number of thioether (sulfide) groups is 1. The lowest BCUT2D eigenvalue weighted by molar-refractivity contribution is 0.214. The molecule has 0 aliphatic carbocycles. The highest BCUT2D eigenvalue weighted by atomic mass is 35.5. The van der Waals surface area contributed by atoms with E-state index >= 15 is 0 Å². The molecule has 1 heterocycles. The zero-order valence-corrected chi connectivity index (χ0v) is 15.8. The molecule has 2 aromatic rings. The van der Waals surface area contributed by atoms with Gasteiger partial charge in [-0.15, -0.1) is 11.8 Å². The Morgan fingerprint density at radius 3 is 2.71 bits per heavy atom. The maximum absolute atomic E-state index is 12.7. The van der Waals surface area contributed by atoms with Crippen molar-refractivity contribution < 1.29 is 4.79 Å². The van der Waals surface area contributed by atoms with Crippen LogP contribution in [0.25, 0.3) is 0 Å². The number of nitrogens with zero attached hydrogens (tertiary/aromatic N) is 1. The van der Waals surface area contributed by atoms with Crippen molar-refractivity contribution in [2.75, 3.05) is 17.6 Å². The van der Waals surface area contributed by atoms with E-state index in [0.29, 0.717) is 16.6 Å². The van der Waals surface area contributed by atoms with E-state index in [0.717, 1.165) is 22.6 Å². The molecule has 3 nitrogen and oxygen atoms in total. The van der Waals surface area contributed by atoms with Crippen LogP contribution in [0.1, 0.15) is 22.1 Å². The molecule has 0 saturated carbocycles. The molecule has 1 aliphatic heterocycles. The molecule has 1 N–H and O–H groups in total. The molecule has 2 aromatic carbocycles. The molecule has 6 heteroatoms. The van der Waals surface area contributed by atoms with Crippen molar-refractivity contribution in [2.45, 2.75) is 19.2 Å². The molecule has 1 atom stereocenters. The SMILES string of the molecule is Cc1ccc(NC(=O)N2CCS[C@@H]2c2ccc(Cl)cc2Cl)c(C)c1. The first-order valence-corrected chi connectivity index (χ1v) is 9.47. The van der Waals surface area contributed by atoms with Gasteiger partial charge in [0.15, 0.2) is 0 Å². The van der Waals surface area contributed by atoms with Crippen LogP contribution in [0, 0.1) is 13.8 Å². The molecular weight excluding hydrogens is 363 g/mol. The summed E-state index contributed by atoms with van der Waals surface area (Å²) in [6.45, 7) is 4.72. The minimum Gasteiger partial charge on any atom is -0.308 e. The second-order valence-corrected chi connectivity index (χ2v) is 7.86. The molecule has 1 fully saturated rings. The Morgan fingerprint density at radius 2 is 2.00 bits per heavy atom. The van der Waals surface area contributed by atoms with Gasteiger partial charge in [-0.1, -0.05) is 47.0 Å². The third-order valence-electron chi connectivity index (χ3n) is 4.00. The highest BCUT2D eigenvalue weighted by Gasteiger charge is 2.32. The molecule has 126 valence electrons. The summed E-state index contributed by atoms with van der Waals surface area (Å²) in [6, 6.07) is 11.3. The number of nitrogens with one attached hydrogen (secondary N) is 1. The first kappa shape index (κ1) is 17.5. The topological polar surface area (TPSA) is 32.3 Å². The van der Waals surface area contributed by atoms with Gasteiger partial charge in [-0.05, 0) is 37.6 Å². The monoisotopic (exact) mass is 380 g/mol. The molecular formula is C18H18Cl2N2OS. The van der Waals surface area contributed by atoms with Gasteiger partial charge in [0.05, 0.1) is 0 Å². The van der Waals surface area contributed by atoms with E-state index in [-0.39, 0.29) is 11.4 Å². The fourth-order valence-corrected chi connectivity index (χ4v) is 4.65. The van der Waals surface area contributed by atoms with Crippen molar-refractivity contribution in [2.24, 2.45) is 0 Å². The van der Waals surface area contributed by atoms with E-state index in [1.165, 1.54) is 5.56 Å². The number of carbonyl (C=O) groups excluding carboxylic acids is 1. The van der Waals surface area contributed by atoms with Crippen LogP contribution in [0.3, 0.4) is 0 Å². The number of benzene rings is 2. The van der Waals surface area contributed by atoms with Gasteiger partial charge in [-0.2, -0.15) is 0 Å². The highest BCUT2D eigenvalue weighted by molar-refractivity contribution is 7.99. The molecule has 0 spiro atoms. The summed E-state index contributed by atoms with van der Waals surface area (Å²) < 4.78 is 0. The number of rotatable bonds is 2. The Labute approximate surface area is 156 Å². The smallest absolute Gasteiger partial charge is 0.308 e. The second-order valence-electron chi connectivity index (χ2n) is 5.83. The third kappa shape index (κ3) is 3.66. The molecule has 24 heavy (non-hydrogen) atoms. The number of hydrogen-bond donors (Lipinski definition) is 1. The van der Waals surface area contributed by atoms with Crippen LogP contribution in [-0.2, 0) is 0 Å². The van der Waals surface area contributed by atoms with E-state index in [9.17, 15) is 4.79 Å². The van der Waals surface area contributed by atoms with Crippen molar-refractivity contribution in [3.63, 3.8) is 0 Å². The summed E-state index contributed by atoms with van der Waals surface area (Å²) in [5.74, 6) is 0.879. The average Bonchev–Trinajstić information content (AvgIpc) is 2.99. The number of halogens is 2. The van der Waals surface area contributed by atoms with E-state index in [1.807, 2.05) is 43.0 Å². The summed E-state index contributed by atoms with van der Waals surface area (Å²) in [7, 11) is 0. The van der Waals surface area contributed by atoms with Crippen molar-refractivity contribution in [1.82, 2.24) is 4.90 Å². The van der Waals surface area contributed by atoms with Gasteiger partial charge >= 0.3 is 6.03 Å². The molecule has 0 bridgehead atoms. The van der Waals surface area contributed by atoms with Gasteiger partial charge < -0.3 is 10.2 Å². The maximum Gasteiger partial charge on any atom is 0.323 e. The molecule has 2 amide bonds.